The highest BCUT2D eigenvalue weighted by molar-refractivity contribution is 5.98. The van der Waals surface area contributed by atoms with Gasteiger partial charge in [-0.05, 0) is 49.1 Å². The third-order valence-electron chi connectivity index (χ3n) is 6.39. The van der Waals surface area contributed by atoms with Gasteiger partial charge in [0.2, 0.25) is 5.91 Å². The smallest absolute Gasteiger partial charge is 0.322 e. The van der Waals surface area contributed by atoms with Gasteiger partial charge in [0.05, 0.1) is 12.1 Å². The number of H-pyrrole nitrogens is 1. The van der Waals surface area contributed by atoms with Gasteiger partial charge in [0.15, 0.2) is 0 Å². The summed E-state index contributed by atoms with van der Waals surface area (Å²) in [6.45, 7) is 1.70. The predicted octanol–water partition coefficient (Wildman–Crippen LogP) is 1.77. The second-order valence-electron chi connectivity index (χ2n) is 8.37. The number of aromatic amines is 1. The zero-order valence-corrected chi connectivity index (χ0v) is 18.1. The topological polar surface area (TPSA) is 123 Å². The lowest BCUT2D eigenvalue weighted by atomic mass is 10.0. The van der Waals surface area contributed by atoms with Gasteiger partial charge < -0.3 is 20.4 Å². The summed E-state index contributed by atoms with van der Waals surface area (Å²) in [5.74, 6) is -0.457. The predicted molar refractivity (Wildman–Crippen MR) is 122 cm³/mol. The monoisotopic (exact) mass is 447 g/mol. The van der Waals surface area contributed by atoms with E-state index in [1.54, 1.807) is 23.1 Å². The molecule has 10 heteroatoms. The lowest BCUT2D eigenvalue weighted by molar-refractivity contribution is -0.131. The summed E-state index contributed by atoms with van der Waals surface area (Å²) in [4.78, 5) is 41.5. The normalized spacial score (nSPS) is 16.8. The highest BCUT2D eigenvalue weighted by Crippen LogP contribution is 2.24. The van der Waals surface area contributed by atoms with Gasteiger partial charge in [-0.15, -0.1) is 5.10 Å². The van der Waals surface area contributed by atoms with Gasteiger partial charge in [0.1, 0.15) is 5.52 Å². The van der Waals surface area contributed by atoms with Crippen molar-refractivity contribution in [2.24, 2.45) is 0 Å². The molecule has 0 bridgehead atoms. The number of nitrogens with one attached hydrogen (secondary N) is 3. The van der Waals surface area contributed by atoms with Gasteiger partial charge in [-0.2, -0.15) is 0 Å². The van der Waals surface area contributed by atoms with Crippen molar-refractivity contribution in [2.45, 2.75) is 25.3 Å². The van der Waals surface area contributed by atoms with E-state index < -0.39 is 0 Å². The Hall–Kier alpha value is -3.95. The minimum atomic E-state index is -0.330. The van der Waals surface area contributed by atoms with E-state index in [2.05, 4.69) is 26.0 Å². The molecule has 2 aliphatic rings. The van der Waals surface area contributed by atoms with Crippen molar-refractivity contribution in [1.29, 1.82) is 0 Å². The highest BCUT2D eigenvalue weighted by atomic mass is 16.2. The molecule has 0 aliphatic carbocycles. The van der Waals surface area contributed by atoms with Crippen molar-refractivity contribution in [3.05, 3.63) is 53.6 Å². The van der Waals surface area contributed by atoms with E-state index in [0.717, 1.165) is 23.2 Å². The number of anilines is 1. The number of hydrogen-bond donors (Lipinski definition) is 3. The maximum atomic E-state index is 12.7. The van der Waals surface area contributed by atoms with E-state index in [4.69, 9.17) is 0 Å². The largest absolute Gasteiger partial charge is 0.343 e. The second-order valence-corrected chi connectivity index (χ2v) is 8.37. The third-order valence-corrected chi connectivity index (χ3v) is 6.39. The Morgan fingerprint density at radius 1 is 1.09 bits per heavy atom. The van der Waals surface area contributed by atoms with Crippen molar-refractivity contribution in [3.8, 4) is 0 Å². The number of aromatic nitrogens is 3. The maximum Gasteiger partial charge on any atom is 0.322 e. The Kier molecular flexibility index (Phi) is 5.64. The average Bonchev–Trinajstić information content (AvgIpc) is 3.24. The van der Waals surface area contributed by atoms with Gasteiger partial charge in [0.25, 0.3) is 5.91 Å². The molecule has 1 saturated heterocycles. The standard InChI is InChI=1S/C23H25N7O3/c31-21(14-24-22(32)16-5-6-19-20(13-16)27-28-26-19)29-10-8-17(9-11-29)30-12-7-15-3-1-2-4-18(15)25-23(30)33/h1-6,13,17H,7-12,14H2,(H,24,32)(H,25,33)(H,26,27,28). The van der Waals surface area contributed by atoms with E-state index in [0.29, 0.717) is 43.6 Å². The molecule has 3 heterocycles. The van der Waals surface area contributed by atoms with Gasteiger partial charge in [0, 0.05) is 36.9 Å². The summed E-state index contributed by atoms with van der Waals surface area (Å²) in [5.41, 5.74) is 3.77. The molecule has 2 aliphatic heterocycles. The summed E-state index contributed by atoms with van der Waals surface area (Å²) >= 11 is 0. The van der Waals surface area contributed by atoms with E-state index in [9.17, 15) is 14.4 Å². The van der Waals surface area contributed by atoms with Crippen LogP contribution in [0.2, 0.25) is 0 Å². The minimum absolute atomic E-state index is 0.0696. The molecule has 3 aromatic rings. The molecule has 1 aromatic heterocycles. The van der Waals surface area contributed by atoms with Gasteiger partial charge in [-0.25, -0.2) is 4.79 Å². The van der Waals surface area contributed by atoms with Crippen LogP contribution in [-0.2, 0) is 11.2 Å². The Bertz CT molecular complexity index is 1200. The Morgan fingerprint density at radius 2 is 1.91 bits per heavy atom. The van der Waals surface area contributed by atoms with Crippen LogP contribution in [0.1, 0.15) is 28.8 Å². The van der Waals surface area contributed by atoms with Gasteiger partial charge in [-0.3, -0.25) is 14.7 Å². The molecule has 0 unspecified atom stereocenters. The number of fused-ring (bicyclic) bond motifs is 2. The van der Waals surface area contributed by atoms with Crippen LogP contribution in [0.25, 0.3) is 11.0 Å². The summed E-state index contributed by atoms with van der Waals surface area (Å²) in [7, 11) is 0. The highest BCUT2D eigenvalue weighted by Gasteiger charge is 2.31. The van der Waals surface area contributed by atoms with E-state index >= 15 is 0 Å². The SMILES string of the molecule is O=C(NCC(=O)N1CCC(N2CCc3ccccc3NC2=O)CC1)c1ccc2[nH]nnc2c1. The number of piperidine rings is 1. The van der Waals surface area contributed by atoms with Crippen LogP contribution in [0.3, 0.4) is 0 Å². The van der Waals surface area contributed by atoms with Crippen molar-refractivity contribution < 1.29 is 14.4 Å². The molecule has 10 nitrogen and oxygen atoms in total. The number of rotatable bonds is 4. The van der Waals surface area contributed by atoms with Crippen LogP contribution in [0, 0.1) is 0 Å². The molecule has 5 rings (SSSR count). The second kappa shape index (κ2) is 8.89. The molecule has 0 spiro atoms. The number of amides is 4. The molecular weight excluding hydrogens is 422 g/mol. The van der Waals surface area contributed by atoms with E-state index in [-0.39, 0.29) is 30.4 Å². The maximum absolute atomic E-state index is 12.7. The van der Waals surface area contributed by atoms with Gasteiger partial charge >= 0.3 is 6.03 Å². The van der Waals surface area contributed by atoms with Crippen LogP contribution in [0.4, 0.5) is 10.5 Å². The molecule has 1 fully saturated rings. The Morgan fingerprint density at radius 3 is 2.76 bits per heavy atom. The number of para-hydroxylation sites is 1. The summed E-state index contributed by atoms with van der Waals surface area (Å²) in [6, 6.07) is 12.9. The lowest BCUT2D eigenvalue weighted by Crippen LogP contribution is -2.51. The summed E-state index contributed by atoms with van der Waals surface area (Å²) < 4.78 is 0. The quantitative estimate of drug-likeness (QED) is 0.562. The fourth-order valence-corrected chi connectivity index (χ4v) is 4.52. The number of hydrogen-bond acceptors (Lipinski definition) is 5. The first kappa shape index (κ1) is 20.9. The number of carbonyl (C=O) groups is 3. The van der Waals surface area contributed by atoms with E-state index in [1.807, 2.05) is 29.2 Å². The van der Waals surface area contributed by atoms with Crippen LogP contribution < -0.4 is 10.6 Å². The Labute approximate surface area is 190 Å². The minimum Gasteiger partial charge on any atom is -0.343 e. The van der Waals surface area contributed by atoms with Crippen molar-refractivity contribution in [3.63, 3.8) is 0 Å². The average molecular weight is 447 g/mol. The first-order chi connectivity index (χ1) is 16.1. The zero-order chi connectivity index (χ0) is 22.8. The Balaban J connectivity index is 1.12. The number of nitrogens with zero attached hydrogens (tertiary/aromatic N) is 4. The fourth-order valence-electron chi connectivity index (χ4n) is 4.52. The summed E-state index contributed by atoms with van der Waals surface area (Å²) in [5, 5.41) is 16.0. The molecular formula is C23H25N7O3. The number of carbonyl (C=O) groups excluding carboxylic acids is 3. The molecule has 0 radical (unpaired) electrons. The van der Waals surface area contributed by atoms with Crippen LogP contribution in [0.15, 0.2) is 42.5 Å². The fraction of sp³-hybridized carbons (Fsp3) is 0.348. The van der Waals surface area contributed by atoms with E-state index in [1.165, 1.54) is 0 Å². The molecule has 4 amide bonds. The van der Waals surface area contributed by atoms with Crippen molar-refractivity contribution in [1.82, 2.24) is 30.5 Å². The summed E-state index contributed by atoms with van der Waals surface area (Å²) in [6.07, 6.45) is 2.23. The zero-order valence-electron chi connectivity index (χ0n) is 18.1. The number of urea groups is 1. The molecule has 0 saturated carbocycles. The van der Waals surface area contributed by atoms with Crippen LogP contribution >= 0.6 is 0 Å². The number of likely N-dealkylation sites (tertiary alicyclic amines) is 1. The first-order valence-electron chi connectivity index (χ1n) is 11.1. The van der Waals surface area contributed by atoms with Crippen LogP contribution in [-0.4, -0.2) is 75.3 Å². The third kappa shape index (κ3) is 4.36. The molecule has 3 N–H and O–H groups in total. The van der Waals surface area contributed by atoms with Crippen LogP contribution in [0.5, 0.6) is 0 Å². The van der Waals surface area contributed by atoms with Crippen molar-refractivity contribution >= 4 is 34.6 Å². The molecule has 0 atom stereocenters. The lowest BCUT2D eigenvalue weighted by Gasteiger charge is -2.38. The first-order valence-corrected chi connectivity index (χ1v) is 11.1. The molecule has 170 valence electrons. The molecule has 2 aromatic carbocycles. The number of benzene rings is 2. The van der Waals surface area contributed by atoms with Gasteiger partial charge in [-0.1, -0.05) is 23.4 Å². The van der Waals surface area contributed by atoms with Crippen molar-refractivity contribution in [2.75, 3.05) is 31.5 Å². The molecule has 33 heavy (non-hydrogen) atoms.